The molecular weight excluding hydrogens is 339 g/mol. The molecule has 0 aromatic carbocycles. The van der Waals surface area contributed by atoms with Crippen molar-refractivity contribution >= 4 is 34.6 Å². The van der Waals surface area contributed by atoms with E-state index in [1.54, 1.807) is 24.5 Å². The minimum atomic E-state index is -0.0345. The van der Waals surface area contributed by atoms with Crippen molar-refractivity contribution in [1.29, 1.82) is 0 Å². The predicted molar refractivity (Wildman–Crippen MR) is 83.6 cm³/mol. The van der Waals surface area contributed by atoms with E-state index >= 15 is 0 Å². The van der Waals surface area contributed by atoms with E-state index in [2.05, 4.69) is 32.9 Å². The number of alkyl halides is 1. The van der Waals surface area contributed by atoms with Gasteiger partial charge < -0.3 is 5.32 Å². The van der Waals surface area contributed by atoms with Crippen LogP contribution in [0.15, 0.2) is 30.6 Å². The molecule has 4 heteroatoms. The van der Waals surface area contributed by atoms with Crippen molar-refractivity contribution in [1.82, 2.24) is 10.3 Å². The highest BCUT2D eigenvalue weighted by molar-refractivity contribution is 14.1. The Hall–Kier alpha value is -0.910. The quantitative estimate of drug-likeness (QED) is 0.336. The number of nitrogens with zero attached hydrogens (tertiary/aromatic N) is 1. The number of rotatable bonds is 8. The summed E-state index contributed by atoms with van der Waals surface area (Å²) in [7, 11) is 0. The van der Waals surface area contributed by atoms with E-state index in [9.17, 15) is 4.79 Å². The van der Waals surface area contributed by atoms with Gasteiger partial charge in [-0.15, -0.1) is 0 Å². The lowest BCUT2D eigenvalue weighted by molar-refractivity contribution is -0.116. The van der Waals surface area contributed by atoms with Crippen molar-refractivity contribution in [3.05, 3.63) is 36.2 Å². The number of pyridine rings is 1. The molecule has 0 aliphatic rings. The minimum Gasteiger partial charge on any atom is -0.353 e. The van der Waals surface area contributed by atoms with E-state index in [1.165, 1.54) is 23.7 Å². The lowest BCUT2D eigenvalue weighted by Gasteiger charge is -2.01. The molecule has 0 saturated heterocycles. The van der Waals surface area contributed by atoms with Crippen molar-refractivity contribution in [2.75, 3.05) is 11.0 Å². The molecule has 0 aliphatic heterocycles. The molecule has 1 aromatic rings. The first-order valence-corrected chi connectivity index (χ1v) is 7.77. The first-order chi connectivity index (χ1) is 8.83. The van der Waals surface area contributed by atoms with Crippen LogP contribution in [0.25, 0.3) is 6.08 Å². The molecule has 1 N–H and O–H groups in total. The second kappa shape index (κ2) is 10.1. The monoisotopic (exact) mass is 358 g/mol. The van der Waals surface area contributed by atoms with E-state index in [1.807, 2.05) is 12.1 Å². The van der Waals surface area contributed by atoms with Crippen LogP contribution in [0.4, 0.5) is 0 Å². The van der Waals surface area contributed by atoms with E-state index < -0.39 is 0 Å². The van der Waals surface area contributed by atoms with Crippen LogP contribution in [-0.4, -0.2) is 21.9 Å². The van der Waals surface area contributed by atoms with Gasteiger partial charge in [-0.2, -0.15) is 0 Å². The molecule has 98 valence electrons. The summed E-state index contributed by atoms with van der Waals surface area (Å²) in [5, 5.41) is 2.88. The van der Waals surface area contributed by atoms with Gasteiger partial charge in [0.2, 0.25) is 5.91 Å². The molecule has 18 heavy (non-hydrogen) atoms. The predicted octanol–water partition coefficient (Wildman–Crippen LogP) is 3.21. The normalized spacial score (nSPS) is 10.7. The molecule has 0 saturated carbocycles. The number of unbranched alkanes of at least 4 members (excludes halogenated alkanes) is 3. The Balaban J connectivity index is 2.12. The number of aromatic nitrogens is 1. The molecule has 1 amide bonds. The average Bonchev–Trinajstić information content (AvgIpc) is 2.41. The van der Waals surface area contributed by atoms with Gasteiger partial charge in [0, 0.05) is 25.0 Å². The highest BCUT2D eigenvalue weighted by atomic mass is 127. The first kappa shape index (κ1) is 15.1. The van der Waals surface area contributed by atoms with Crippen LogP contribution in [0.3, 0.4) is 0 Å². The second-order valence-electron chi connectivity index (χ2n) is 4.01. The van der Waals surface area contributed by atoms with Gasteiger partial charge in [-0.25, -0.2) is 0 Å². The fraction of sp³-hybridized carbons (Fsp3) is 0.429. The van der Waals surface area contributed by atoms with Crippen LogP contribution in [-0.2, 0) is 4.79 Å². The van der Waals surface area contributed by atoms with E-state index in [-0.39, 0.29) is 5.91 Å². The van der Waals surface area contributed by atoms with Crippen molar-refractivity contribution < 1.29 is 4.79 Å². The summed E-state index contributed by atoms with van der Waals surface area (Å²) >= 11 is 2.39. The maximum atomic E-state index is 11.5. The van der Waals surface area contributed by atoms with Crippen LogP contribution < -0.4 is 5.32 Å². The van der Waals surface area contributed by atoms with Crippen molar-refractivity contribution in [3.63, 3.8) is 0 Å². The lowest BCUT2D eigenvalue weighted by atomic mass is 10.2. The van der Waals surface area contributed by atoms with Gasteiger partial charge >= 0.3 is 0 Å². The number of hydrogen-bond donors (Lipinski definition) is 1. The van der Waals surface area contributed by atoms with Crippen LogP contribution in [0.1, 0.15) is 31.2 Å². The highest BCUT2D eigenvalue weighted by Gasteiger charge is 1.95. The molecule has 1 aromatic heterocycles. The summed E-state index contributed by atoms with van der Waals surface area (Å²) < 4.78 is 1.22. The second-order valence-corrected chi connectivity index (χ2v) is 5.09. The summed E-state index contributed by atoms with van der Waals surface area (Å²) in [6.07, 6.45) is 11.6. The molecule has 0 spiro atoms. The van der Waals surface area contributed by atoms with Gasteiger partial charge in [0.1, 0.15) is 0 Å². The SMILES string of the molecule is O=C(/C=C/c1cccnc1)NCCCCCCI. The Bertz CT molecular complexity index is 365. The zero-order valence-corrected chi connectivity index (χ0v) is 12.6. The van der Waals surface area contributed by atoms with Gasteiger partial charge in [-0.1, -0.05) is 41.5 Å². The minimum absolute atomic E-state index is 0.0345. The van der Waals surface area contributed by atoms with Gasteiger partial charge in [0.05, 0.1) is 0 Å². The first-order valence-electron chi connectivity index (χ1n) is 6.25. The zero-order valence-electron chi connectivity index (χ0n) is 10.4. The summed E-state index contributed by atoms with van der Waals surface area (Å²) in [6, 6.07) is 3.77. The maximum absolute atomic E-state index is 11.5. The molecule has 0 fully saturated rings. The van der Waals surface area contributed by atoms with E-state index in [0.29, 0.717) is 0 Å². The largest absolute Gasteiger partial charge is 0.353 e. The number of carbonyl (C=O) groups is 1. The smallest absolute Gasteiger partial charge is 0.243 e. The van der Waals surface area contributed by atoms with Gasteiger partial charge in [0.25, 0.3) is 0 Å². The third-order valence-corrected chi connectivity index (χ3v) is 3.23. The summed E-state index contributed by atoms with van der Waals surface area (Å²) in [6.45, 7) is 0.761. The molecule has 0 bridgehead atoms. The van der Waals surface area contributed by atoms with Gasteiger partial charge in [0.15, 0.2) is 0 Å². The van der Waals surface area contributed by atoms with Crippen molar-refractivity contribution in [2.24, 2.45) is 0 Å². The number of carbonyl (C=O) groups excluding carboxylic acids is 1. The number of amides is 1. The number of nitrogens with one attached hydrogen (secondary N) is 1. The fourth-order valence-corrected chi connectivity index (χ4v) is 2.03. The average molecular weight is 358 g/mol. The summed E-state index contributed by atoms with van der Waals surface area (Å²) in [5.41, 5.74) is 0.940. The molecular formula is C14H19IN2O. The van der Waals surface area contributed by atoms with Crippen LogP contribution in [0, 0.1) is 0 Å². The topological polar surface area (TPSA) is 42.0 Å². The zero-order chi connectivity index (χ0) is 13.1. The molecule has 0 atom stereocenters. The molecule has 0 aliphatic carbocycles. The summed E-state index contributed by atoms with van der Waals surface area (Å²) in [4.78, 5) is 15.5. The molecule has 0 unspecified atom stereocenters. The van der Waals surface area contributed by atoms with Crippen molar-refractivity contribution in [3.8, 4) is 0 Å². The summed E-state index contributed by atoms with van der Waals surface area (Å²) in [5.74, 6) is -0.0345. The van der Waals surface area contributed by atoms with Gasteiger partial charge in [-0.3, -0.25) is 9.78 Å². The lowest BCUT2D eigenvalue weighted by Crippen LogP contribution is -2.21. The molecule has 0 radical (unpaired) electrons. The standard InChI is InChI=1S/C14H19IN2O/c15-9-3-1-2-4-11-17-14(18)8-7-13-6-5-10-16-12-13/h5-8,10,12H,1-4,9,11H2,(H,17,18)/b8-7+. The van der Waals surface area contributed by atoms with Crippen LogP contribution >= 0.6 is 22.6 Å². The molecule has 1 heterocycles. The Morgan fingerprint density at radius 2 is 2.17 bits per heavy atom. The van der Waals surface area contributed by atoms with Crippen molar-refractivity contribution in [2.45, 2.75) is 25.7 Å². The number of hydrogen-bond acceptors (Lipinski definition) is 2. The third-order valence-electron chi connectivity index (χ3n) is 2.47. The molecule has 1 rings (SSSR count). The molecule has 3 nitrogen and oxygen atoms in total. The van der Waals surface area contributed by atoms with E-state index in [4.69, 9.17) is 0 Å². The van der Waals surface area contributed by atoms with Gasteiger partial charge in [-0.05, 0) is 35.0 Å². The fourth-order valence-electron chi connectivity index (χ4n) is 1.49. The Labute approximate surface area is 122 Å². The van der Waals surface area contributed by atoms with Crippen LogP contribution in [0.5, 0.6) is 0 Å². The maximum Gasteiger partial charge on any atom is 0.243 e. The highest BCUT2D eigenvalue weighted by Crippen LogP contribution is 2.01. The Kier molecular flexibility index (Phi) is 8.46. The number of halogens is 1. The Morgan fingerprint density at radius 3 is 2.89 bits per heavy atom. The third kappa shape index (κ3) is 7.42. The van der Waals surface area contributed by atoms with E-state index in [0.717, 1.165) is 18.5 Å². The van der Waals surface area contributed by atoms with Crippen LogP contribution in [0.2, 0.25) is 0 Å². The Morgan fingerprint density at radius 1 is 1.33 bits per heavy atom.